The second-order valence-electron chi connectivity index (χ2n) is 4.59. The van der Waals surface area contributed by atoms with E-state index < -0.39 is 0 Å². The van der Waals surface area contributed by atoms with Crippen LogP contribution in [0.15, 0.2) is 18.3 Å². The van der Waals surface area contributed by atoms with Crippen molar-refractivity contribution in [3.63, 3.8) is 0 Å². The molecule has 0 aromatic carbocycles. The van der Waals surface area contributed by atoms with Gasteiger partial charge in [0.05, 0.1) is 18.3 Å². The molecule has 1 heterocycles. The summed E-state index contributed by atoms with van der Waals surface area (Å²) in [5, 5.41) is 3.02. The Balaban J connectivity index is 2.52. The number of nitrogen functional groups attached to an aromatic ring is 1. The summed E-state index contributed by atoms with van der Waals surface area (Å²) in [6.07, 6.45) is 2.82. The van der Waals surface area contributed by atoms with E-state index in [1.165, 1.54) is 0 Å². The topological polar surface area (TPSA) is 68.0 Å². The molecular formula is C13H21N3O. The minimum Gasteiger partial charge on any atom is -0.397 e. The average molecular weight is 235 g/mol. The molecule has 0 saturated carbocycles. The van der Waals surface area contributed by atoms with Crippen molar-refractivity contribution < 1.29 is 4.79 Å². The molecule has 1 atom stereocenters. The van der Waals surface area contributed by atoms with E-state index in [0.717, 1.165) is 12.1 Å². The molecule has 0 saturated heterocycles. The number of nitrogens with two attached hydrogens (primary N) is 1. The lowest BCUT2D eigenvalue weighted by Crippen LogP contribution is -2.38. The van der Waals surface area contributed by atoms with Gasteiger partial charge in [0.2, 0.25) is 5.91 Å². The molecule has 1 rings (SSSR count). The number of pyridine rings is 1. The second-order valence-corrected chi connectivity index (χ2v) is 4.59. The summed E-state index contributed by atoms with van der Waals surface area (Å²) in [6.45, 7) is 6.29. The molecule has 0 bridgehead atoms. The normalized spacial score (nSPS) is 12.5. The van der Waals surface area contributed by atoms with Crippen LogP contribution in [0.1, 0.15) is 32.9 Å². The first-order valence-corrected chi connectivity index (χ1v) is 6.02. The number of nitrogens with one attached hydrogen (secondary N) is 1. The van der Waals surface area contributed by atoms with Crippen molar-refractivity contribution in [2.45, 2.75) is 39.7 Å². The first-order chi connectivity index (χ1) is 8.02. The Morgan fingerprint density at radius 1 is 1.47 bits per heavy atom. The molecule has 0 aliphatic rings. The molecule has 1 unspecified atom stereocenters. The third-order valence-electron chi connectivity index (χ3n) is 2.78. The van der Waals surface area contributed by atoms with Crippen LogP contribution in [-0.2, 0) is 11.2 Å². The highest BCUT2D eigenvalue weighted by Gasteiger charge is 2.14. The van der Waals surface area contributed by atoms with Gasteiger partial charge in [0.25, 0.3) is 0 Å². The Morgan fingerprint density at radius 3 is 2.65 bits per heavy atom. The van der Waals surface area contributed by atoms with E-state index in [-0.39, 0.29) is 11.9 Å². The predicted molar refractivity (Wildman–Crippen MR) is 69.4 cm³/mol. The number of carbonyl (C=O) groups excluding carboxylic acids is 1. The molecule has 0 aliphatic heterocycles. The second kappa shape index (κ2) is 6.23. The molecule has 0 spiro atoms. The van der Waals surface area contributed by atoms with Gasteiger partial charge in [0.15, 0.2) is 0 Å². The van der Waals surface area contributed by atoms with E-state index in [0.29, 0.717) is 18.0 Å². The van der Waals surface area contributed by atoms with E-state index in [1.54, 1.807) is 18.3 Å². The van der Waals surface area contributed by atoms with Crippen molar-refractivity contribution in [2.75, 3.05) is 5.73 Å². The van der Waals surface area contributed by atoms with E-state index in [1.807, 2.05) is 0 Å². The van der Waals surface area contributed by atoms with Crippen LogP contribution in [0.5, 0.6) is 0 Å². The van der Waals surface area contributed by atoms with Gasteiger partial charge in [-0.3, -0.25) is 9.78 Å². The number of nitrogens with zero attached hydrogens (tertiary/aromatic N) is 1. The zero-order chi connectivity index (χ0) is 12.8. The van der Waals surface area contributed by atoms with Gasteiger partial charge < -0.3 is 11.1 Å². The van der Waals surface area contributed by atoms with Crippen molar-refractivity contribution in [1.82, 2.24) is 10.3 Å². The third-order valence-corrected chi connectivity index (χ3v) is 2.78. The number of hydrogen-bond acceptors (Lipinski definition) is 3. The van der Waals surface area contributed by atoms with E-state index in [4.69, 9.17) is 5.73 Å². The van der Waals surface area contributed by atoms with Gasteiger partial charge in [-0.15, -0.1) is 0 Å². The van der Waals surface area contributed by atoms with Crippen LogP contribution in [0.3, 0.4) is 0 Å². The summed E-state index contributed by atoms with van der Waals surface area (Å²) < 4.78 is 0. The molecule has 0 aliphatic carbocycles. The molecule has 0 radical (unpaired) electrons. The van der Waals surface area contributed by atoms with Gasteiger partial charge in [-0.05, 0) is 24.5 Å². The summed E-state index contributed by atoms with van der Waals surface area (Å²) in [4.78, 5) is 15.9. The summed E-state index contributed by atoms with van der Waals surface area (Å²) in [5.41, 5.74) is 6.90. The highest BCUT2D eigenvalue weighted by atomic mass is 16.1. The maximum Gasteiger partial charge on any atom is 0.226 e. The van der Waals surface area contributed by atoms with E-state index >= 15 is 0 Å². The first-order valence-electron chi connectivity index (χ1n) is 6.02. The van der Waals surface area contributed by atoms with Gasteiger partial charge in [0, 0.05) is 11.7 Å². The van der Waals surface area contributed by atoms with Crippen molar-refractivity contribution in [1.29, 1.82) is 0 Å². The highest BCUT2D eigenvalue weighted by molar-refractivity contribution is 5.78. The smallest absolute Gasteiger partial charge is 0.226 e. The summed E-state index contributed by atoms with van der Waals surface area (Å²) in [6, 6.07) is 3.77. The SMILES string of the molecule is CCC(NC(=O)Cc1ccc(N)cn1)C(C)C. The lowest BCUT2D eigenvalue weighted by Gasteiger charge is -2.20. The van der Waals surface area contributed by atoms with Gasteiger partial charge in [0.1, 0.15) is 0 Å². The number of anilines is 1. The Bertz CT molecular complexity index is 359. The van der Waals surface area contributed by atoms with Gasteiger partial charge in [-0.25, -0.2) is 0 Å². The largest absolute Gasteiger partial charge is 0.397 e. The van der Waals surface area contributed by atoms with Crippen molar-refractivity contribution >= 4 is 11.6 Å². The quantitative estimate of drug-likeness (QED) is 0.817. The van der Waals surface area contributed by atoms with E-state index in [9.17, 15) is 4.79 Å². The lowest BCUT2D eigenvalue weighted by molar-refractivity contribution is -0.121. The third kappa shape index (κ3) is 4.43. The number of carbonyl (C=O) groups is 1. The van der Waals surface area contributed by atoms with Crippen LogP contribution in [0.4, 0.5) is 5.69 Å². The Morgan fingerprint density at radius 2 is 2.18 bits per heavy atom. The molecular weight excluding hydrogens is 214 g/mol. The fraction of sp³-hybridized carbons (Fsp3) is 0.538. The van der Waals surface area contributed by atoms with Crippen molar-refractivity contribution in [3.8, 4) is 0 Å². The fourth-order valence-corrected chi connectivity index (χ4v) is 1.70. The highest BCUT2D eigenvalue weighted by Crippen LogP contribution is 2.06. The molecule has 4 nitrogen and oxygen atoms in total. The van der Waals surface area contributed by atoms with Gasteiger partial charge in [-0.2, -0.15) is 0 Å². The molecule has 1 aromatic heterocycles. The molecule has 4 heteroatoms. The molecule has 94 valence electrons. The van der Waals surface area contributed by atoms with E-state index in [2.05, 4.69) is 31.1 Å². The summed E-state index contributed by atoms with van der Waals surface area (Å²) in [5.74, 6) is 0.464. The van der Waals surface area contributed by atoms with Crippen molar-refractivity contribution in [2.24, 2.45) is 5.92 Å². The van der Waals surface area contributed by atoms with Crippen molar-refractivity contribution in [3.05, 3.63) is 24.0 Å². The van der Waals surface area contributed by atoms with Crippen LogP contribution < -0.4 is 11.1 Å². The standard InChI is InChI=1S/C13H21N3O/c1-4-12(9(2)3)16-13(17)7-11-6-5-10(14)8-15-11/h5-6,8-9,12H,4,7,14H2,1-3H3,(H,16,17). The van der Waals surface area contributed by atoms with Gasteiger partial charge >= 0.3 is 0 Å². The average Bonchev–Trinajstić information content (AvgIpc) is 2.28. The molecule has 0 fully saturated rings. The number of hydrogen-bond donors (Lipinski definition) is 2. The van der Waals surface area contributed by atoms with Crippen LogP contribution in [0.25, 0.3) is 0 Å². The fourth-order valence-electron chi connectivity index (χ4n) is 1.70. The Kier molecular flexibility index (Phi) is 4.94. The number of aromatic nitrogens is 1. The zero-order valence-electron chi connectivity index (χ0n) is 10.7. The molecule has 3 N–H and O–H groups in total. The Hall–Kier alpha value is -1.58. The monoisotopic (exact) mass is 235 g/mol. The minimum absolute atomic E-state index is 0.0165. The predicted octanol–water partition coefficient (Wildman–Crippen LogP) is 1.76. The number of rotatable bonds is 5. The Labute approximate surface area is 103 Å². The van der Waals surface area contributed by atoms with Gasteiger partial charge in [-0.1, -0.05) is 20.8 Å². The lowest BCUT2D eigenvalue weighted by atomic mass is 10.0. The maximum absolute atomic E-state index is 11.8. The molecule has 1 amide bonds. The zero-order valence-corrected chi connectivity index (χ0v) is 10.7. The van der Waals surface area contributed by atoms with Crippen LogP contribution in [-0.4, -0.2) is 16.9 Å². The van der Waals surface area contributed by atoms with Crippen LogP contribution in [0.2, 0.25) is 0 Å². The summed E-state index contributed by atoms with van der Waals surface area (Å²) >= 11 is 0. The first kappa shape index (κ1) is 13.5. The summed E-state index contributed by atoms with van der Waals surface area (Å²) in [7, 11) is 0. The van der Waals surface area contributed by atoms with Crippen LogP contribution >= 0.6 is 0 Å². The molecule has 1 aromatic rings. The molecule has 17 heavy (non-hydrogen) atoms. The van der Waals surface area contributed by atoms with Crippen LogP contribution in [0, 0.1) is 5.92 Å². The minimum atomic E-state index is 0.0165. The maximum atomic E-state index is 11.8. The number of amides is 1.